The molecule has 2 aromatic carbocycles. The van der Waals surface area contributed by atoms with Crippen molar-refractivity contribution in [1.29, 1.82) is 0 Å². The highest BCUT2D eigenvalue weighted by molar-refractivity contribution is 5.69. The molecule has 0 fully saturated rings. The minimum Gasteiger partial charge on any atom is -0.488 e. The summed E-state index contributed by atoms with van der Waals surface area (Å²) in [4.78, 5) is 0. The predicted octanol–water partition coefficient (Wildman–Crippen LogP) is 4.57. The Bertz CT molecular complexity index is 636. The Labute approximate surface area is 113 Å². The van der Waals surface area contributed by atoms with Gasteiger partial charge in [-0.1, -0.05) is 54.6 Å². The van der Waals surface area contributed by atoms with E-state index in [4.69, 9.17) is 4.74 Å². The third-order valence-electron chi connectivity index (χ3n) is 3.32. The Morgan fingerprint density at radius 3 is 2.58 bits per heavy atom. The van der Waals surface area contributed by atoms with E-state index in [9.17, 15) is 0 Å². The van der Waals surface area contributed by atoms with Crippen LogP contribution in [-0.2, 0) is 0 Å². The normalized spacial score (nSPS) is 14.4. The second kappa shape index (κ2) is 5.15. The van der Waals surface area contributed by atoms with Gasteiger partial charge in [0, 0.05) is 5.56 Å². The van der Waals surface area contributed by atoms with E-state index in [0.717, 1.165) is 11.3 Å². The predicted molar refractivity (Wildman–Crippen MR) is 80.0 cm³/mol. The first-order valence-corrected chi connectivity index (χ1v) is 6.49. The molecule has 3 rings (SSSR count). The molecule has 0 spiro atoms. The van der Waals surface area contributed by atoms with E-state index in [2.05, 4.69) is 49.4 Å². The zero-order valence-corrected chi connectivity index (χ0v) is 11.0. The summed E-state index contributed by atoms with van der Waals surface area (Å²) in [5.74, 6) is 0.971. The lowest BCUT2D eigenvalue weighted by atomic mass is 10.00. The summed E-state index contributed by atoms with van der Waals surface area (Å²) in [5.41, 5.74) is 4.87. The molecule has 94 valence electrons. The van der Waals surface area contributed by atoms with Crippen LogP contribution < -0.4 is 4.74 Å². The third kappa shape index (κ3) is 2.60. The molecule has 0 N–H and O–H groups in total. The average molecular weight is 248 g/mol. The minimum atomic E-state index is 0.645. The van der Waals surface area contributed by atoms with Crippen LogP contribution in [0.1, 0.15) is 18.1 Å². The SMILES string of the molecule is C/C(=C\c1ccccc1)C1=Cc2ccccc2OC1. The van der Waals surface area contributed by atoms with Gasteiger partial charge in [0.25, 0.3) is 0 Å². The molecule has 1 aliphatic rings. The van der Waals surface area contributed by atoms with Crippen LogP contribution in [0, 0.1) is 0 Å². The topological polar surface area (TPSA) is 9.23 Å². The second-order valence-corrected chi connectivity index (χ2v) is 4.73. The first-order valence-electron chi connectivity index (χ1n) is 6.49. The quantitative estimate of drug-likeness (QED) is 0.756. The van der Waals surface area contributed by atoms with Gasteiger partial charge in [0.1, 0.15) is 12.4 Å². The van der Waals surface area contributed by atoms with Gasteiger partial charge in [0.2, 0.25) is 0 Å². The van der Waals surface area contributed by atoms with Gasteiger partial charge < -0.3 is 4.74 Å². The third-order valence-corrected chi connectivity index (χ3v) is 3.32. The van der Waals surface area contributed by atoms with Crippen molar-refractivity contribution in [3.8, 4) is 5.75 Å². The van der Waals surface area contributed by atoms with Crippen molar-refractivity contribution in [2.75, 3.05) is 6.61 Å². The van der Waals surface area contributed by atoms with Crippen molar-refractivity contribution in [3.63, 3.8) is 0 Å². The van der Waals surface area contributed by atoms with Crippen molar-refractivity contribution < 1.29 is 4.74 Å². The molecule has 0 radical (unpaired) electrons. The standard InChI is InChI=1S/C18H16O/c1-14(11-15-7-3-2-4-8-15)17-12-16-9-5-6-10-18(16)19-13-17/h2-12H,13H2,1H3/b14-11+. The number of para-hydroxylation sites is 1. The lowest BCUT2D eigenvalue weighted by Gasteiger charge is -2.18. The van der Waals surface area contributed by atoms with Gasteiger partial charge in [-0.05, 0) is 35.8 Å². The van der Waals surface area contributed by atoms with Crippen LogP contribution in [0.15, 0.2) is 65.7 Å². The number of fused-ring (bicyclic) bond motifs is 1. The molecule has 1 heterocycles. The zero-order valence-electron chi connectivity index (χ0n) is 11.0. The largest absolute Gasteiger partial charge is 0.488 e. The van der Waals surface area contributed by atoms with E-state index in [1.54, 1.807) is 0 Å². The smallest absolute Gasteiger partial charge is 0.127 e. The lowest BCUT2D eigenvalue weighted by molar-refractivity contribution is 0.349. The van der Waals surface area contributed by atoms with Crippen LogP contribution >= 0.6 is 0 Å². The molecule has 0 atom stereocenters. The monoisotopic (exact) mass is 248 g/mol. The first-order chi connectivity index (χ1) is 9.33. The van der Waals surface area contributed by atoms with Crippen LogP contribution in [0.4, 0.5) is 0 Å². The van der Waals surface area contributed by atoms with Crippen LogP contribution in [-0.4, -0.2) is 6.61 Å². The summed E-state index contributed by atoms with van der Waals surface area (Å²) in [6.07, 6.45) is 4.41. The average Bonchev–Trinajstić information content (AvgIpc) is 2.48. The summed E-state index contributed by atoms with van der Waals surface area (Å²) >= 11 is 0. The van der Waals surface area contributed by atoms with Crippen LogP contribution in [0.3, 0.4) is 0 Å². The molecule has 19 heavy (non-hydrogen) atoms. The Balaban J connectivity index is 1.92. The molecule has 0 amide bonds. The van der Waals surface area contributed by atoms with E-state index in [1.807, 2.05) is 24.3 Å². The molecular weight excluding hydrogens is 232 g/mol. The molecule has 0 unspecified atom stereocenters. The van der Waals surface area contributed by atoms with E-state index in [1.165, 1.54) is 16.7 Å². The lowest BCUT2D eigenvalue weighted by Crippen LogP contribution is -2.07. The molecule has 0 saturated heterocycles. The fourth-order valence-electron chi connectivity index (χ4n) is 2.24. The van der Waals surface area contributed by atoms with Crippen LogP contribution in [0.5, 0.6) is 5.75 Å². The second-order valence-electron chi connectivity index (χ2n) is 4.73. The summed E-state index contributed by atoms with van der Waals surface area (Å²) < 4.78 is 5.79. The number of hydrogen-bond acceptors (Lipinski definition) is 1. The van der Waals surface area contributed by atoms with Gasteiger partial charge >= 0.3 is 0 Å². The maximum absolute atomic E-state index is 5.79. The van der Waals surface area contributed by atoms with E-state index in [0.29, 0.717) is 6.61 Å². The van der Waals surface area contributed by atoms with Crippen molar-refractivity contribution >= 4 is 12.2 Å². The fourth-order valence-corrected chi connectivity index (χ4v) is 2.24. The summed E-state index contributed by atoms with van der Waals surface area (Å²) in [5, 5.41) is 0. The zero-order chi connectivity index (χ0) is 13.1. The number of rotatable bonds is 2. The molecule has 1 heteroatoms. The van der Waals surface area contributed by atoms with Gasteiger partial charge in [-0.15, -0.1) is 0 Å². The van der Waals surface area contributed by atoms with Gasteiger partial charge in [0.15, 0.2) is 0 Å². The molecular formula is C18H16O. The maximum Gasteiger partial charge on any atom is 0.127 e. The van der Waals surface area contributed by atoms with Gasteiger partial charge in [0.05, 0.1) is 0 Å². The Morgan fingerprint density at radius 2 is 1.74 bits per heavy atom. The molecule has 0 saturated carbocycles. The van der Waals surface area contributed by atoms with Crippen molar-refractivity contribution in [2.24, 2.45) is 0 Å². The maximum atomic E-state index is 5.79. The van der Waals surface area contributed by atoms with Gasteiger partial charge in [-0.3, -0.25) is 0 Å². The minimum absolute atomic E-state index is 0.645. The first kappa shape index (κ1) is 11.8. The summed E-state index contributed by atoms with van der Waals surface area (Å²) in [6.45, 7) is 2.78. The Kier molecular flexibility index (Phi) is 3.20. The summed E-state index contributed by atoms with van der Waals surface area (Å²) in [6, 6.07) is 18.5. The highest BCUT2D eigenvalue weighted by Crippen LogP contribution is 2.29. The molecule has 0 aromatic heterocycles. The van der Waals surface area contributed by atoms with E-state index >= 15 is 0 Å². The van der Waals surface area contributed by atoms with E-state index < -0.39 is 0 Å². The number of hydrogen-bond donors (Lipinski definition) is 0. The van der Waals surface area contributed by atoms with Gasteiger partial charge in [-0.2, -0.15) is 0 Å². The Hall–Kier alpha value is -2.28. The van der Waals surface area contributed by atoms with Crippen LogP contribution in [0.25, 0.3) is 12.2 Å². The fraction of sp³-hybridized carbons (Fsp3) is 0.111. The molecule has 0 bridgehead atoms. The molecule has 0 aliphatic carbocycles. The van der Waals surface area contributed by atoms with Gasteiger partial charge in [-0.25, -0.2) is 0 Å². The van der Waals surface area contributed by atoms with E-state index in [-0.39, 0.29) is 0 Å². The van der Waals surface area contributed by atoms with Crippen molar-refractivity contribution in [3.05, 3.63) is 76.9 Å². The Morgan fingerprint density at radius 1 is 1.00 bits per heavy atom. The number of ether oxygens (including phenoxy) is 1. The summed E-state index contributed by atoms with van der Waals surface area (Å²) in [7, 11) is 0. The van der Waals surface area contributed by atoms with Crippen molar-refractivity contribution in [1.82, 2.24) is 0 Å². The molecule has 2 aromatic rings. The highest BCUT2D eigenvalue weighted by atomic mass is 16.5. The molecule has 1 aliphatic heterocycles. The highest BCUT2D eigenvalue weighted by Gasteiger charge is 2.11. The van der Waals surface area contributed by atoms with Crippen LogP contribution in [0.2, 0.25) is 0 Å². The number of benzene rings is 2. The van der Waals surface area contributed by atoms with Crippen molar-refractivity contribution in [2.45, 2.75) is 6.92 Å². The molecule has 1 nitrogen and oxygen atoms in total.